The highest BCUT2D eigenvalue weighted by Crippen LogP contribution is 2.23. The molecule has 0 atom stereocenters. The van der Waals surface area contributed by atoms with Crippen molar-refractivity contribution < 1.29 is 17.9 Å². The van der Waals surface area contributed by atoms with Crippen LogP contribution in [0.3, 0.4) is 0 Å². The number of sulfonamides is 1. The van der Waals surface area contributed by atoms with Gasteiger partial charge < -0.3 is 9.64 Å². The summed E-state index contributed by atoms with van der Waals surface area (Å²) in [6.07, 6.45) is 3.26. The summed E-state index contributed by atoms with van der Waals surface area (Å²) in [7, 11) is -3.67. The quantitative estimate of drug-likeness (QED) is 0.344. The zero-order chi connectivity index (χ0) is 26.7. The lowest BCUT2D eigenvalue weighted by Gasteiger charge is -2.33. The third-order valence-electron chi connectivity index (χ3n) is 6.55. The predicted molar refractivity (Wildman–Crippen MR) is 142 cm³/mol. The maximum Gasteiger partial charge on any atom is 0.274 e. The van der Waals surface area contributed by atoms with Crippen molar-refractivity contribution in [2.24, 2.45) is 0 Å². The van der Waals surface area contributed by atoms with E-state index in [1.165, 1.54) is 4.31 Å². The van der Waals surface area contributed by atoms with E-state index >= 15 is 0 Å². The molecular formula is C27H30N6O4S. The molecule has 10 nitrogen and oxygen atoms in total. The van der Waals surface area contributed by atoms with Crippen molar-refractivity contribution in [2.45, 2.75) is 32.0 Å². The number of aromatic nitrogens is 4. The summed E-state index contributed by atoms with van der Waals surface area (Å²) in [6, 6.07) is 19.6. The summed E-state index contributed by atoms with van der Waals surface area (Å²) in [5.41, 5.74) is 3.01. The van der Waals surface area contributed by atoms with Gasteiger partial charge in [0.05, 0.1) is 5.69 Å². The SMILES string of the molecule is CCn1cc(S(=O)(=O)N2CCN(C(=O)c3ccn(COc4ccc(-c5ccccc5)cc4)n3)CC2)c(C)n1. The highest BCUT2D eigenvalue weighted by atomic mass is 32.2. The molecule has 3 heterocycles. The molecule has 0 N–H and O–H groups in total. The van der Waals surface area contributed by atoms with E-state index in [0.29, 0.717) is 23.7 Å². The van der Waals surface area contributed by atoms with Gasteiger partial charge in [-0.05, 0) is 43.2 Å². The van der Waals surface area contributed by atoms with E-state index in [1.807, 2.05) is 49.4 Å². The van der Waals surface area contributed by atoms with Crippen molar-refractivity contribution in [3.63, 3.8) is 0 Å². The molecule has 38 heavy (non-hydrogen) atoms. The number of hydrogen-bond donors (Lipinski definition) is 0. The molecule has 1 fully saturated rings. The second kappa shape index (κ2) is 10.8. The maximum atomic E-state index is 13.1. The lowest BCUT2D eigenvalue weighted by Crippen LogP contribution is -2.50. The first kappa shape index (κ1) is 25.7. The summed E-state index contributed by atoms with van der Waals surface area (Å²) >= 11 is 0. The Morgan fingerprint density at radius 1 is 0.895 bits per heavy atom. The van der Waals surface area contributed by atoms with Crippen molar-refractivity contribution in [3.8, 4) is 16.9 Å². The lowest BCUT2D eigenvalue weighted by atomic mass is 10.1. The average Bonchev–Trinajstić information content (AvgIpc) is 3.59. The van der Waals surface area contributed by atoms with Crippen LogP contribution < -0.4 is 4.74 Å². The fourth-order valence-electron chi connectivity index (χ4n) is 4.41. The minimum absolute atomic E-state index is 0.161. The second-order valence-electron chi connectivity index (χ2n) is 9.04. The minimum Gasteiger partial charge on any atom is -0.471 e. The number of benzene rings is 2. The van der Waals surface area contributed by atoms with Gasteiger partial charge in [-0.3, -0.25) is 9.48 Å². The van der Waals surface area contributed by atoms with Gasteiger partial charge in [0.25, 0.3) is 5.91 Å². The highest BCUT2D eigenvalue weighted by molar-refractivity contribution is 7.89. The zero-order valence-electron chi connectivity index (χ0n) is 21.4. The fraction of sp³-hybridized carbons (Fsp3) is 0.296. The van der Waals surface area contributed by atoms with Crippen molar-refractivity contribution in [1.82, 2.24) is 28.8 Å². The molecule has 2 aromatic heterocycles. The van der Waals surface area contributed by atoms with E-state index in [4.69, 9.17) is 4.74 Å². The first-order chi connectivity index (χ1) is 18.3. The van der Waals surface area contributed by atoms with Gasteiger partial charge in [0, 0.05) is 45.1 Å². The normalized spacial score (nSPS) is 14.5. The van der Waals surface area contributed by atoms with Crippen LogP contribution in [0.1, 0.15) is 23.1 Å². The van der Waals surface area contributed by atoms with E-state index in [2.05, 4.69) is 22.3 Å². The molecule has 1 aliphatic heterocycles. The van der Waals surface area contributed by atoms with Gasteiger partial charge in [-0.25, -0.2) is 13.1 Å². The molecule has 0 radical (unpaired) electrons. The third kappa shape index (κ3) is 5.34. The van der Waals surface area contributed by atoms with Gasteiger partial charge in [0.15, 0.2) is 12.4 Å². The highest BCUT2D eigenvalue weighted by Gasteiger charge is 2.33. The molecule has 0 bridgehead atoms. The molecule has 0 saturated carbocycles. The van der Waals surface area contributed by atoms with E-state index in [0.717, 1.165) is 11.1 Å². The zero-order valence-corrected chi connectivity index (χ0v) is 22.2. The third-order valence-corrected chi connectivity index (χ3v) is 8.56. The number of hydrogen-bond acceptors (Lipinski definition) is 6. The summed E-state index contributed by atoms with van der Waals surface area (Å²) in [5.74, 6) is 0.466. The number of carbonyl (C=O) groups is 1. The predicted octanol–water partition coefficient (Wildman–Crippen LogP) is 3.26. The Hall–Kier alpha value is -3.96. The number of piperazine rings is 1. The van der Waals surface area contributed by atoms with Gasteiger partial charge in [0.2, 0.25) is 10.0 Å². The second-order valence-corrected chi connectivity index (χ2v) is 10.9. The van der Waals surface area contributed by atoms with Crippen LogP contribution in [-0.4, -0.2) is 69.3 Å². The molecule has 1 aliphatic rings. The number of amides is 1. The average molecular weight is 535 g/mol. The fourth-order valence-corrected chi connectivity index (χ4v) is 6.00. The molecule has 4 aromatic rings. The Morgan fingerprint density at radius 3 is 2.24 bits per heavy atom. The number of carbonyl (C=O) groups excluding carboxylic acids is 1. The Kier molecular flexibility index (Phi) is 7.30. The Labute approximate surface area is 222 Å². The van der Waals surface area contributed by atoms with Gasteiger partial charge >= 0.3 is 0 Å². The van der Waals surface area contributed by atoms with Gasteiger partial charge in [-0.15, -0.1) is 0 Å². The molecule has 0 aliphatic carbocycles. The van der Waals surface area contributed by atoms with Gasteiger partial charge in [-0.1, -0.05) is 42.5 Å². The molecule has 0 spiro atoms. The van der Waals surface area contributed by atoms with Crippen LogP contribution in [0.2, 0.25) is 0 Å². The first-order valence-corrected chi connectivity index (χ1v) is 13.9. The van der Waals surface area contributed by atoms with Crippen LogP contribution >= 0.6 is 0 Å². The largest absolute Gasteiger partial charge is 0.471 e. The number of ether oxygens (including phenoxy) is 1. The van der Waals surface area contributed by atoms with Crippen LogP contribution in [0.15, 0.2) is 78.0 Å². The molecular weight excluding hydrogens is 504 g/mol. The van der Waals surface area contributed by atoms with Crippen LogP contribution in [0.5, 0.6) is 5.75 Å². The summed E-state index contributed by atoms with van der Waals surface area (Å²) in [5, 5.41) is 8.61. The monoisotopic (exact) mass is 534 g/mol. The Bertz CT molecular complexity index is 1500. The van der Waals surface area contributed by atoms with Crippen molar-refractivity contribution in [3.05, 3.63) is 84.4 Å². The molecule has 198 valence electrons. The van der Waals surface area contributed by atoms with Crippen molar-refractivity contribution in [2.75, 3.05) is 26.2 Å². The van der Waals surface area contributed by atoms with Crippen LogP contribution in [0, 0.1) is 6.92 Å². The molecule has 11 heteroatoms. The Balaban J connectivity index is 1.15. The molecule has 5 rings (SSSR count). The molecule has 0 unspecified atom stereocenters. The standard InChI is InChI=1S/C27H30N6O4S/c1-3-31-19-26(21(2)28-31)38(35,36)33-17-15-30(16-18-33)27(34)25-13-14-32(29-25)20-37-24-11-9-23(10-12-24)22-7-5-4-6-8-22/h4-14,19H,3,15-18,20H2,1-2H3. The van der Waals surface area contributed by atoms with Gasteiger partial charge in [-0.2, -0.15) is 14.5 Å². The van der Waals surface area contributed by atoms with E-state index in [-0.39, 0.29) is 43.7 Å². The van der Waals surface area contributed by atoms with E-state index in [9.17, 15) is 13.2 Å². The smallest absolute Gasteiger partial charge is 0.274 e. The summed E-state index contributed by atoms with van der Waals surface area (Å²) < 4.78 is 36.6. The van der Waals surface area contributed by atoms with Crippen LogP contribution in [-0.2, 0) is 23.3 Å². The number of aryl methyl sites for hydroxylation is 2. The summed E-state index contributed by atoms with van der Waals surface area (Å²) in [6.45, 7) is 5.36. The Morgan fingerprint density at radius 2 is 1.58 bits per heavy atom. The first-order valence-electron chi connectivity index (χ1n) is 12.5. The topological polar surface area (TPSA) is 103 Å². The van der Waals surface area contributed by atoms with Crippen molar-refractivity contribution in [1.29, 1.82) is 0 Å². The van der Waals surface area contributed by atoms with E-state index < -0.39 is 10.0 Å². The van der Waals surface area contributed by atoms with Crippen LogP contribution in [0.25, 0.3) is 11.1 Å². The van der Waals surface area contributed by atoms with Crippen LogP contribution in [0.4, 0.5) is 0 Å². The van der Waals surface area contributed by atoms with Crippen molar-refractivity contribution >= 4 is 15.9 Å². The summed E-state index contributed by atoms with van der Waals surface area (Å²) in [4.78, 5) is 14.9. The van der Waals surface area contributed by atoms with Gasteiger partial charge in [0.1, 0.15) is 10.6 Å². The minimum atomic E-state index is -3.67. The number of nitrogens with zero attached hydrogens (tertiary/aromatic N) is 6. The molecule has 1 amide bonds. The van der Waals surface area contributed by atoms with E-state index in [1.54, 1.807) is 39.6 Å². The number of rotatable bonds is 8. The molecule has 1 saturated heterocycles. The lowest BCUT2D eigenvalue weighted by molar-refractivity contribution is 0.0690. The molecule has 2 aromatic carbocycles. The maximum absolute atomic E-state index is 13.1.